The molecule has 0 saturated carbocycles. The number of aryl methyl sites for hydroxylation is 1. The van der Waals surface area contributed by atoms with E-state index in [1.54, 1.807) is 0 Å². The van der Waals surface area contributed by atoms with E-state index in [0.29, 0.717) is 24.6 Å². The van der Waals surface area contributed by atoms with Crippen molar-refractivity contribution in [1.29, 1.82) is 0 Å². The second-order valence-electron chi connectivity index (χ2n) is 5.95. The highest BCUT2D eigenvalue weighted by atomic mass is 16.5. The molecule has 2 heterocycles. The summed E-state index contributed by atoms with van der Waals surface area (Å²) in [7, 11) is 0. The predicted molar refractivity (Wildman–Crippen MR) is 86.1 cm³/mol. The van der Waals surface area contributed by atoms with Crippen LogP contribution >= 0.6 is 0 Å². The van der Waals surface area contributed by atoms with Gasteiger partial charge in [0.25, 0.3) is 0 Å². The fraction of sp³-hybridized carbons (Fsp3) is 0.750. The smallest absolute Gasteiger partial charge is 0.218 e. The standard InChI is InChI=1S/C16H28N4O/c1-5-21-16-10-15(18-13(4)19-16)20-9-7-6-8-14(20)11-17-12(2)3/h10,12,14,17H,5-9,11H2,1-4H3. The average Bonchev–Trinajstić information content (AvgIpc) is 2.45. The van der Waals surface area contributed by atoms with Crippen LogP contribution in [0.4, 0.5) is 5.82 Å². The normalized spacial score (nSPS) is 19.1. The van der Waals surface area contributed by atoms with Crippen molar-refractivity contribution in [1.82, 2.24) is 15.3 Å². The molecule has 1 fully saturated rings. The van der Waals surface area contributed by atoms with Gasteiger partial charge in [0.2, 0.25) is 5.88 Å². The highest BCUT2D eigenvalue weighted by molar-refractivity contribution is 5.43. The van der Waals surface area contributed by atoms with Gasteiger partial charge in [-0.3, -0.25) is 0 Å². The Bertz CT molecular complexity index is 450. The van der Waals surface area contributed by atoms with Gasteiger partial charge in [0.15, 0.2) is 0 Å². The van der Waals surface area contributed by atoms with E-state index in [2.05, 4.69) is 34.0 Å². The molecule has 5 nitrogen and oxygen atoms in total. The molecule has 1 aromatic heterocycles. The maximum atomic E-state index is 5.56. The summed E-state index contributed by atoms with van der Waals surface area (Å²) in [5.41, 5.74) is 0. The van der Waals surface area contributed by atoms with Gasteiger partial charge in [0, 0.05) is 31.2 Å². The lowest BCUT2D eigenvalue weighted by molar-refractivity contribution is 0.324. The van der Waals surface area contributed by atoms with Gasteiger partial charge >= 0.3 is 0 Å². The Hall–Kier alpha value is -1.36. The molecular weight excluding hydrogens is 264 g/mol. The summed E-state index contributed by atoms with van der Waals surface area (Å²) >= 11 is 0. The van der Waals surface area contributed by atoms with E-state index in [9.17, 15) is 0 Å². The number of hydrogen-bond acceptors (Lipinski definition) is 5. The first-order valence-electron chi connectivity index (χ1n) is 8.08. The number of nitrogens with zero attached hydrogens (tertiary/aromatic N) is 3. The molecule has 5 heteroatoms. The van der Waals surface area contributed by atoms with Gasteiger partial charge in [-0.1, -0.05) is 13.8 Å². The molecule has 21 heavy (non-hydrogen) atoms. The lowest BCUT2D eigenvalue weighted by Crippen LogP contribution is -2.47. The third kappa shape index (κ3) is 4.56. The largest absolute Gasteiger partial charge is 0.478 e. The molecule has 0 amide bonds. The number of aromatic nitrogens is 2. The monoisotopic (exact) mass is 292 g/mol. The van der Waals surface area contributed by atoms with Crippen LogP contribution in [0.15, 0.2) is 6.07 Å². The molecule has 1 atom stereocenters. The molecule has 2 rings (SSSR count). The minimum Gasteiger partial charge on any atom is -0.478 e. The molecule has 0 spiro atoms. The van der Waals surface area contributed by atoms with Crippen molar-refractivity contribution in [3.63, 3.8) is 0 Å². The number of nitrogens with one attached hydrogen (secondary N) is 1. The molecule has 1 aliphatic rings. The summed E-state index contributed by atoms with van der Waals surface area (Å²) in [6.45, 7) is 11.0. The minimum atomic E-state index is 0.505. The molecule has 0 bridgehead atoms. The molecule has 1 N–H and O–H groups in total. The number of ether oxygens (including phenoxy) is 1. The molecule has 1 saturated heterocycles. The number of hydrogen-bond donors (Lipinski definition) is 1. The zero-order valence-electron chi connectivity index (χ0n) is 13.7. The molecule has 118 valence electrons. The van der Waals surface area contributed by atoms with E-state index in [1.165, 1.54) is 19.3 Å². The van der Waals surface area contributed by atoms with E-state index in [0.717, 1.165) is 24.7 Å². The zero-order valence-corrected chi connectivity index (χ0v) is 13.7. The Balaban J connectivity index is 2.16. The highest BCUT2D eigenvalue weighted by Gasteiger charge is 2.24. The lowest BCUT2D eigenvalue weighted by Gasteiger charge is -2.37. The van der Waals surface area contributed by atoms with Crippen LogP contribution in [0.2, 0.25) is 0 Å². The van der Waals surface area contributed by atoms with Crippen LogP contribution < -0.4 is 15.0 Å². The van der Waals surface area contributed by atoms with Crippen LogP contribution in [0.1, 0.15) is 45.9 Å². The molecule has 1 unspecified atom stereocenters. The predicted octanol–water partition coefficient (Wildman–Crippen LogP) is 2.54. The van der Waals surface area contributed by atoms with Gasteiger partial charge in [0.05, 0.1) is 6.61 Å². The number of anilines is 1. The van der Waals surface area contributed by atoms with E-state index in [-0.39, 0.29) is 0 Å². The number of rotatable bonds is 6. The van der Waals surface area contributed by atoms with Gasteiger partial charge < -0.3 is 15.0 Å². The Kier molecular flexibility index (Phi) is 5.79. The van der Waals surface area contributed by atoms with Crippen molar-refractivity contribution < 1.29 is 4.74 Å². The van der Waals surface area contributed by atoms with E-state index < -0.39 is 0 Å². The zero-order chi connectivity index (χ0) is 15.2. The first kappa shape index (κ1) is 16.0. The second kappa shape index (κ2) is 7.59. The van der Waals surface area contributed by atoms with Crippen molar-refractivity contribution in [3.8, 4) is 5.88 Å². The summed E-state index contributed by atoms with van der Waals surface area (Å²) in [5, 5.41) is 3.55. The first-order valence-corrected chi connectivity index (χ1v) is 8.08. The third-order valence-corrected chi connectivity index (χ3v) is 3.78. The fourth-order valence-electron chi connectivity index (χ4n) is 2.78. The summed E-state index contributed by atoms with van der Waals surface area (Å²) in [6, 6.07) is 2.99. The Morgan fingerprint density at radius 3 is 2.90 bits per heavy atom. The van der Waals surface area contributed by atoms with Crippen molar-refractivity contribution >= 4 is 5.82 Å². The van der Waals surface area contributed by atoms with E-state index >= 15 is 0 Å². The van der Waals surface area contributed by atoms with Gasteiger partial charge in [-0.25, -0.2) is 4.98 Å². The molecule has 0 aliphatic carbocycles. The fourth-order valence-corrected chi connectivity index (χ4v) is 2.78. The topological polar surface area (TPSA) is 50.3 Å². The summed E-state index contributed by atoms with van der Waals surface area (Å²) in [6.07, 6.45) is 3.74. The minimum absolute atomic E-state index is 0.505. The maximum Gasteiger partial charge on any atom is 0.218 e. The van der Waals surface area contributed by atoms with E-state index in [4.69, 9.17) is 4.74 Å². The second-order valence-corrected chi connectivity index (χ2v) is 5.95. The van der Waals surface area contributed by atoms with Crippen molar-refractivity contribution in [2.45, 2.75) is 59.0 Å². The van der Waals surface area contributed by atoms with Crippen LogP contribution in [-0.2, 0) is 0 Å². The molecule has 0 aromatic carbocycles. The van der Waals surface area contributed by atoms with Crippen molar-refractivity contribution in [3.05, 3.63) is 11.9 Å². The first-order chi connectivity index (χ1) is 10.1. The third-order valence-electron chi connectivity index (χ3n) is 3.78. The van der Waals surface area contributed by atoms with Crippen LogP contribution in [0.25, 0.3) is 0 Å². The van der Waals surface area contributed by atoms with Crippen LogP contribution in [0, 0.1) is 6.92 Å². The SMILES string of the molecule is CCOc1cc(N2CCCCC2CNC(C)C)nc(C)n1. The Labute approximate surface area is 128 Å². The summed E-state index contributed by atoms with van der Waals surface area (Å²) in [5.74, 6) is 2.46. The quantitative estimate of drug-likeness (QED) is 0.873. The molecule has 1 aromatic rings. The van der Waals surface area contributed by atoms with Gasteiger partial charge in [-0.2, -0.15) is 4.98 Å². The summed E-state index contributed by atoms with van der Waals surface area (Å²) in [4.78, 5) is 11.4. The molecular formula is C16H28N4O. The van der Waals surface area contributed by atoms with Gasteiger partial charge in [-0.05, 0) is 33.1 Å². The van der Waals surface area contributed by atoms with Crippen LogP contribution in [-0.4, -0.2) is 41.7 Å². The molecule has 1 aliphatic heterocycles. The average molecular weight is 292 g/mol. The van der Waals surface area contributed by atoms with Crippen molar-refractivity contribution in [2.24, 2.45) is 0 Å². The van der Waals surface area contributed by atoms with E-state index in [1.807, 2.05) is 19.9 Å². The highest BCUT2D eigenvalue weighted by Crippen LogP contribution is 2.25. The van der Waals surface area contributed by atoms with Gasteiger partial charge in [0.1, 0.15) is 11.6 Å². The van der Waals surface area contributed by atoms with Crippen LogP contribution in [0.5, 0.6) is 5.88 Å². The van der Waals surface area contributed by atoms with Crippen LogP contribution in [0.3, 0.4) is 0 Å². The lowest BCUT2D eigenvalue weighted by atomic mass is 10.0. The Morgan fingerprint density at radius 1 is 1.38 bits per heavy atom. The molecule has 0 radical (unpaired) electrons. The van der Waals surface area contributed by atoms with Gasteiger partial charge in [-0.15, -0.1) is 0 Å². The summed E-state index contributed by atoms with van der Waals surface area (Å²) < 4.78 is 5.56. The Morgan fingerprint density at radius 2 is 2.19 bits per heavy atom. The van der Waals surface area contributed by atoms with Crippen molar-refractivity contribution in [2.75, 3.05) is 24.6 Å². The number of piperidine rings is 1. The maximum absolute atomic E-state index is 5.56.